The summed E-state index contributed by atoms with van der Waals surface area (Å²) in [5.41, 5.74) is 1.01. The maximum absolute atomic E-state index is 12.2. The van der Waals surface area contributed by atoms with Crippen LogP contribution in [0.3, 0.4) is 0 Å². The molecule has 0 bridgehead atoms. The van der Waals surface area contributed by atoms with Crippen LogP contribution in [0.25, 0.3) is 11.5 Å². The smallest absolute Gasteiger partial charge is 0.338 e. The number of ether oxygens (including phenoxy) is 2. The summed E-state index contributed by atoms with van der Waals surface area (Å²) in [5, 5.41) is 8.55. The summed E-state index contributed by atoms with van der Waals surface area (Å²) in [6.45, 7) is 1.64. The van der Waals surface area contributed by atoms with Gasteiger partial charge in [0.2, 0.25) is 5.89 Å². The predicted molar refractivity (Wildman–Crippen MR) is 96.6 cm³/mol. The van der Waals surface area contributed by atoms with Gasteiger partial charge in [-0.15, -0.1) is 10.2 Å². The van der Waals surface area contributed by atoms with Gasteiger partial charge in [-0.05, 0) is 49.4 Å². The number of halogens is 2. The average Bonchev–Trinajstić information content (AvgIpc) is 3.14. The third-order valence-corrected chi connectivity index (χ3v) is 4.30. The van der Waals surface area contributed by atoms with Crippen LogP contribution in [0.1, 0.15) is 29.3 Å². The van der Waals surface area contributed by atoms with E-state index >= 15 is 0 Å². The molecule has 134 valence electrons. The number of benzene rings is 2. The molecule has 0 spiro atoms. The van der Waals surface area contributed by atoms with Crippen LogP contribution in [-0.4, -0.2) is 23.3 Å². The second kappa shape index (κ2) is 7.76. The molecule has 0 aliphatic rings. The zero-order chi connectivity index (χ0) is 18.7. The molecule has 0 unspecified atom stereocenters. The minimum Gasteiger partial charge on any atom is -0.497 e. The first kappa shape index (κ1) is 18.2. The highest BCUT2D eigenvalue weighted by Gasteiger charge is 2.20. The number of esters is 1. The molecule has 0 amide bonds. The first-order valence-corrected chi connectivity index (χ1v) is 8.37. The molecule has 0 aliphatic heterocycles. The molecule has 1 atom stereocenters. The van der Waals surface area contributed by atoms with Gasteiger partial charge in [0, 0.05) is 5.56 Å². The van der Waals surface area contributed by atoms with Crippen molar-refractivity contribution in [2.45, 2.75) is 13.0 Å². The Balaban J connectivity index is 1.71. The molecule has 0 saturated heterocycles. The summed E-state index contributed by atoms with van der Waals surface area (Å²) in [5.74, 6) is 0.655. The van der Waals surface area contributed by atoms with E-state index in [0.717, 1.165) is 11.3 Å². The molecule has 1 aromatic heterocycles. The van der Waals surface area contributed by atoms with E-state index in [2.05, 4.69) is 10.2 Å². The molecule has 0 aliphatic carbocycles. The Hall–Kier alpha value is -2.57. The number of rotatable bonds is 5. The second-order valence-corrected chi connectivity index (χ2v) is 6.16. The van der Waals surface area contributed by atoms with Gasteiger partial charge in [0.1, 0.15) is 5.75 Å². The highest BCUT2D eigenvalue weighted by Crippen LogP contribution is 2.26. The quantitative estimate of drug-likeness (QED) is 0.570. The molecule has 6 nitrogen and oxygen atoms in total. The molecule has 0 fully saturated rings. The topological polar surface area (TPSA) is 74.5 Å². The minimum absolute atomic E-state index is 0.184. The number of methoxy groups -OCH3 is 1. The summed E-state index contributed by atoms with van der Waals surface area (Å²) in [7, 11) is 1.59. The predicted octanol–water partition coefficient (Wildman–Crippen LogP) is 4.97. The van der Waals surface area contributed by atoms with Crippen molar-refractivity contribution in [3.63, 3.8) is 0 Å². The first-order valence-electron chi connectivity index (χ1n) is 7.62. The van der Waals surface area contributed by atoms with Crippen molar-refractivity contribution < 1.29 is 18.7 Å². The first-order chi connectivity index (χ1) is 12.5. The Bertz CT molecular complexity index is 925. The van der Waals surface area contributed by atoms with E-state index < -0.39 is 12.1 Å². The lowest BCUT2D eigenvalue weighted by atomic mass is 10.2. The molecule has 26 heavy (non-hydrogen) atoms. The van der Waals surface area contributed by atoms with Gasteiger partial charge in [-0.2, -0.15) is 0 Å². The van der Waals surface area contributed by atoms with Gasteiger partial charge in [0.05, 0.1) is 22.7 Å². The van der Waals surface area contributed by atoms with Gasteiger partial charge >= 0.3 is 5.97 Å². The molecule has 0 saturated carbocycles. The monoisotopic (exact) mass is 392 g/mol. The van der Waals surface area contributed by atoms with E-state index in [1.807, 2.05) is 0 Å². The van der Waals surface area contributed by atoms with Gasteiger partial charge in [0.15, 0.2) is 6.10 Å². The van der Waals surface area contributed by atoms with Crippen molar-refractivity contribution in [2.24, 2.45) is 0 Å². The van der Waals surface area contributed by atoms with Crippen molar-refractivity contribution in [1.29, 1.82) is 0 Å². The number of hydrogen-bond donors (Lipinski definition) is 0. The van der Waals surface area contributed by atoms with E-state index in [4.69, 9.17) is 37.1 Å². The maximum atomic E-state index is 12.2. The Morgan fingerprint density at radius 2 is 1.81 bits per heavy atom. The highest BCUT2D eigenvalue weighted by molar-refractivity contribution is 6.42. The number of aromatic nitrogens is 2. The van der Waals surface area contributed by atoms with Gasteiger partial charge in [0.25, 0.3) is 5.89 Å². The Labute approximate surface area is 159 Å². The lowest BCUT2D eigenvalue weighted by Crippen LogP contribution is -2.09. The maximum Gasteiger partial charge on any atom is 0.338 e. The molecule has 0 N–H and O–H groups in total. The molecule has 1 heterocycles. The van der Waals surface area contributed by atoms with Crippen LogP contribution in [-0.2, 0) is 4.74 Å². The summed E-state index contributed by atoms with van der Waals surface area (Å²) in [4.78, 5) is 12.2. The highest BCUT2D eigenvalue weighted by atomic mass is 35.5. The molecule has 3 aromatic rings. The van der Waals surface area contributed by atoms with Crippen LogP contribution in [0, 0.1) is 0 Å². The molecule has 3 rings (SSSR count). The fourth-order valence-electron chi connectivity index (χ4n) is 2.15. The molecule has 8 heteroatoms. The normalized spacial score (nSPS) is 11.8. The number of carbonyl (C=O) groups excluding carboxylic acids is 1. The molecule has 0 radical (unpaired) electrons. The number of nitrogens with zero attached hydrogens (tertiary/aromatic N) is 2. The summed E-state index contributed by atoms with van der Waals surface area (Å²) in [6, 6.07) is 11.7. The van der Waals surface area contributed by atoms with Crippen molar-refractivity contribution in [3.8, 4) is 17.2 Å². The van der Waals surface area contributed by atoms with Crippen molar-refractivity contribution >= 4 is 29.2 Å². The minimum atomic E-state index is -0.726. The number of hydrogen-bond acceptors (Lipinski definition) is 6. The van der Waals surface area contributed by atoms with E-state index in [9.17, 15) is 4.79 Å². The Morgan fingerprint density at radius 1 is 1.08 bits per heavy atom. The SMILES string of the molecule is COc1ccc(-c2nnc([C@@H](C)OC(=O)c3ccc(Cl)c(Cl)c3)o2)cc1. The zero-order valence-electron chi connectivity index (χ0n) is 13.9. The molecule has 2 aromatic carbocycles. The third-order valence-electron chi connectivity index (χ3n) is 3.56. The van der Waals surface area contributed by atoms with Crippen molar-refractivity contribution in [1.82, 2.24) is 10.2 Å². The summed E-state index contributed by atoms with van der Waals surface area (Å²) in [6.07, 6.45) is -0.726. The second-order valence-electron chi connectivity index (χ2n) is 5.35. The largest absolute Gasteiger partial charge is 0.497 e. The molecular formula is C18H14Cl2N2O4. The average molecular weight is 393 g/mol. The van der Waals surface area contributed by atoms with Gasteiger partial charge in [-0.1, -0.05) is 23.2 Å². The third kappa shape index (κ3) is 3.98. The molecular weight excluding hydrogens is 379 g/mol. The van der Waals surface area contributed by atoms with Crippen LogP contribution in [0.2, 0.25) is 10.0 Å². The van der Waals surface area contributed by atoms with Crippen molar-refractivity contribution in [3.05, 3.63) is 64.0 Å². The van der Waals surface area contributed by atoms with Crippen LogP contribution >= 0.6 is 23.2 Å². The fraction of sp³-hybridized carbons (Fsp3) is 0.167. The van der Waals surface area contributed by atoms with Gasteiger partial charge < -0.3 is 13.9 Å². The number of carbonyl (C=O) groups is 1. The van der Waals surface area contributed by atoms with E-state index in [1.165, 1.54) is 18.2 Å². The van der Waals surface area contributed by atoms with Gasteiger partial charge in [-0.25, -0.2) is 4.79 Å². The van der Waals surface area contributed by atoms with Crippen LogP contribution in [0.5, 0.6) is 5.75 Å². The standard InChI is InChI=1S/C18H14Cl2N2O4/c1-10(25-18(23)12-5-8-14(19)15(20)9-12)16-21-22-17(26-16)11-3-6-13(24-2)7-4-11/h3-10H,1-2H3/t10-/m1/s1. The fourth-order valence-corrected chi connectivity index (χ4v) is 2.45. The van der Waals surface area contributed by atoms with Crippen LogP contribution in [0.4, 0.5) is 0 Å². The van der Waals surface area contributed by atoms with Crippen molar-refractivity contribution in [2.75, 3.05) is 7.11 Å². The lowest BCUT2D eigenvalue weighted by molar-refractivity contribution is 0.0280. The van der Waals surface area contributed by atoms with E-state index in [0.29, 0.717) is 10.9 Å². The van der Waals surface area contributed by atoms with Gasteiger partial charge in [-0.3, -0.25) is 0 Å². The van der Waals surface area contributed by atoms with Crippen LogP contribution < -0.4 is 4.74 Å². The zero-order valence-corrected chi connectivity index (χ0v) is 15.4. The van der Waals surface area contributed by atoms with E-state index in [-0.39, 0.29) is 16.5 Å². The Morgan fingerprint density at radius 3 is 2.46 bits per heavy atom. The van der Waals surface area contributed by atoms with Crippen LogP contribution in [0.15, 0.2) is 46.9 Å². The lowest BCUT2D eigenvalue weighted by Gasteiger charge is -2.09. The Kier molecular flexibility index (Phi) is 5.44. The summed E-state index contributed by atoms with van der Waals surface area (Å²) >= 11 is 11.8. The summed E-state index contributed by atoms with van der Waals surface area (Å²) < 4.78 is 16.1. The van der Waals surface area contributed by atoms with E-state index in [1.54, 1.807) is 38.3 Å².